The lowest BCUT2D eigenvalue weighted by atomic mass is 10.1. The van der Waals surface area contributed by atoms with Gasteiger partial charge in [0, 0.05) is 26.6 Å². The summed E-state index contributed by atoms with van der Waals surface area (Å²) in [6.07, 6.45) is 0.193. The highest BCUT2D eigenvalue weighted by Crippen LogP contribution is 2.07. The third-order valence-electron chi connectivity index (χ3n) is 3.92. The van der Waals surface area contributed by atoms with Gasteiger partial charge in [-0.3, -0.25) is 9.59 Å². The standard InChI is InChI=1S/C20H23FN2O2/c1-15-3-5-18(6-4-15)14-23(16(2)24)12-11-22-20(25)13-17-7-9-19(21)10-8-17/h3-10H,11-14H2,1-2H3,(H,22,25). The molecule has 0 aliphatic carbocycles. The fourth-order valence-electron chi connectivity index (χ4n) is 2.44. The second-order valence-electron chi connectivity index (χ2n) is 6.08. The maximum atomic E-state index is 12.9. The third kappa shape index (κ3) is 6.37. The Morgan fingerprint density at radius 1 is 1.00 bits per heavy atom. The van der Waals surface area contributed by atoms with E-state index in [2.05, 4.69) is 5.32 Å². The molecule has 1 N–H and O–H groups in total. The Morgan fingerprint density at radius 3 is 2.20 bits per heavy atom. The molecule has 2 amide bonds. The monoisotopic (exact) mass is 342 g/mol. The summed E-state index contributed by atoms with van der Waals surface area (Å²) in [5.41, 5.74) is 2.98. The van der Waals surface area contributed by atoms with Gasteiger partial charge < -0.3 is 10.2 Å². The molecule has 132 valence electrons. The van der Waals surface area contributed by atoms with E-state index in [1.165, 1.54) is 24.6 Å². The number of rotatable bonds is 7. The van der Waals surface area contributed by atoms with Gasteiger partial charge >= 0.3 is 0 Å². The van der Waals surface area contributed by atoms with Crippen LogP contribution in [0.25, 0.3) is 0 Å². The second-order valence-corrected chi connectivity index (χ2v) is 6.08. The van der Waals surface area contributed by atoms with Crippen LogP contribution in [0, 0.1) is 12.7 Å². The molecule has 2 rings (SSSR count). The average molecular weight is 342 g/mol. The molecule has 4 nitrogen and oxygen atoms in total. The molecule has 25 heavy (non-hydrogen) atoms. The van der Waals surface area contributed by atoms with E-state index in [9.17, 15) is 14.0 Å². The minimum absolute atomic E-state index is 0.0339. The molecule has 5 heteroatoms. The Balaban J connectivity index is 1.80. The summed E-state index contributed by atoms with van der Waals surface area (Å²) >= 11 is 0. The Kier molecular flexibility index (Phi) is 6.69. The Morgan fingerprint density at radius 2 is 1.60 bits per heavy atom. The summed E-state index contributed by atoms with van der Waals surface area (Å²) in [5.74, 6) is -0.504. The third-order valence-corrected chi connectivity index (χ3v) is 3.92. The van der Waals surface area contributed by atoms with Crippen molar-refractivity contribution in [2.75, 3.05) is 13.1 Å². The highest BCUT2D eigenvalue weighted by molar-refractivity contribution is 5.78. The van der Waals surface area contributed by atoms with Crippen molar-refractivity contribution in [1.29, 1.82) is 0 Å². The van der Waals surface area contributed by atoms with E-state index in [-0.39, 0.29) is 24.1 Å². The Hall–Kier alpha value is -2.69. The van der Waals surface area contributed by atoms with Gasteiger partial charge in [-0.2, -0.15) is 0 Å². The Bertz CT molecular complexity index is 711. The largest absolute Gasteiger partial charge is 0.354 e. The highest BCUT2D eigenvalue weighted by Gasteiger charge is 2.10. The minimum atomic E-state index is -0.322. The van der Waals surface area contributed by atoms with Gasteiger partial charge in [-0.1, -0.05) is 42.0 Å². The van der Waals surface area contributed by atoms with Gasteiger partial charge in [0.2, 0.25) is 11.8 Å². The quantitative estimate of drug-likeness (QED) is 0.841. The number of aryl methyl sites for hydroxylation is 1. The van der Waals surface area contributed by atoms with Crippen LogP contribution in [0.4, 0.5) is 4.39 Å². The molecule has 0 unspecified atom stereocenters. The van der Waals surface area contributed by atoms with E-state index in [0.717, 1.165) is 11.1 Å². The first kappa shape index (κ1) is 18.6. The van der Waals surface area contributed by atoms with Crippen molar-refractivity contribution in [1.82, 2.24) is 10.2 Å². The predicted molar refractivity (Wildman–Crippen MR) is 95.4 cm³/mol. The zero-order valence-electron chi connectivity index (χ0n) is 14.6. The van der Waals surface area contributed by atoms with E-state index in [1.54, 1.807) is 17.0 Å². The summed E-state index contributed by atoms with van der Waals surface area (Å²) in [5, 5.41) is 2.80. The number of nitrogens with one attached hydrogen (secondary N) is 1. The first-order chi connectivity index (χ1) is 11.9. The fraction of sp³-hybridized carbons (Fsp3) is 0.300. The molecule has 0 aliphatic rings. The summed E-state index contributed by atoms with van der Waals surface area (Å²) in [6.45, 7) is 4.88. The zero-order chi connectivity index (χ0) is 18.2. The molecule has 0 radical (unpaired) electrons. The van der Waals surface area contributed by atoms with Crippen molar-refractivity contribution in [3.05, 3.63) is 71.0 Å². The van der Waals surface area contributed by atoms with Crippen LogP contribution in [0.15, 0.2) is 48.5 Å². The maximum absolute atomic E-state index is 12.9. The number of carbonyl (C=O) groups is 2. The molecule has 0 aromatic heterocycles. The molecule has 0 saturated heterocycles. The van der Waals surface area contributed by atoms with Gasteiger partial charge in [0.05, 0.1) is 6.42 Å². The van der Waals surface area contributed by atoms with Gasteiger partial charge in [-0.15, -0.1) is 0 Å². The fourth-order valence-corrected chi connectivity index (χ4v) is 2.44. The summed E-state index contributed by atoms with van der Waals surface area (Å²) in [4.78, 5) is 25.4. The van der Waals surface area contributed by atoms with Gasteiger partial charge in [-0.25, -0.2) is 4.39 Å². The molecular formula is C20H23FN2O2. The van der Waals surface area contributed by atoms with Crippen molar-refractivity contribution in [2.24, 2.45) is 0 Å². The van der Waals surface area contributed by atoms with Crippen molar-refractivity contribution >= 4 is 11.8 Å². The van der Waals surface area contributed by atoms with Gasteiger partial charge in [0.25, 0.3) is 0 Å². The lowest BCUT2D eigenvalue weighted by molar-refractivity contribution is -0.130. The summed E-state index contributed by atoms with van der Waals surface area (Å²) in [7, 11) is 0. The number of carbonyl (C=O) groups excluding carboxylic acids is 2. The number of amides is 2. The van der Waals surface area contributed by atoms with Crippen LogP contribution in [0.5, 0.6) is 0 Å². The second kappa shape index (κ2) is 8.97. The molecule has 2 aromatic rings. The van der Waals surface area contributed by atoms with Crippen LogP contribution < -0.4 is 5.32 Å². The molecule has 0 aliphatic heterocycles. The van der Waals surface area contributed by atoms with Crippen LogP contribution in [0.2, 0.25) is 0 Å². The van der Waals surface area contributed by atoms with Crippen LogP contribution in [-0.2, 0) is 22.6 Å². The van der Waals surface area contributed by atoms with E-state index in [4.69, 9.17) is 0 Å². The average Bonchev–Trinajstić information content (AvgIpc) is 2.57. The number of hydrogen-bond acceptors (Lipinski definition) is 2. The molecule has 0 saturated carbocycles. The first-order valence-corrected chi connectivity index (χ1v) is 8.26. The van der Waals surface area contributed by atoms with E-state index >= 15 is 0 Å². The normalized spacial score (nSPS) is 10.4. The number of benzene rings is 2. The molecule has 0 fully saturated rings. The van der Waals surface area contributed by atoms with Gasteiger partial charge in [0.15, 0.2) is 0 Å². The zero-order valence-corrected chi connectivity index (χ0v) is 14.6. The predicted octanol–water partition coefficient (Wildman–Crippen LogP) is 2.84. The lowest BCUT2D eigenvalue weighted by Crippen LogP contribution is -2.37. The SMILES string of the molecule is CC(=O)N(CCNC(=O)Cc1ccc(F)cc1)Cc1ccc(C)cc1. The van der Waals surface area contributed by atoms with Crippen LogP contribution in [0.3, 0.4) is 0 Å². The lowest BCUT2D eigenvalue weighted by Gasteiger charge is -2.21. The Labute approximate surface area is 147 Å². The first-order valence-electron chi connectivity index (χ1n) is 8.26. The van der Waals surface area contributed by atoms with E-state index in [0.29, 0.717) is 19.6 Å². The molecule has 0 atom stereocenters. The molecule has 0 bridgehead atoms. The van der Waals surface area contributed by atoms with Gasteiger partial charge in [0.1, 0.15) is 5.82 Å². The van der Waals surface area contributed by atoms with Gasteiger partial charge in [-0.05, 0) is 30.2 Å². The summed E-state index contributed by atoms with van der Waals surface area (Å²) < 4.78 is 12.9. The maximum Gasteiger partial charge on any atom is 0.224 e. The number of hydrogen-bond donors (Lipinski definition) is 1. The molecular weight excluding hydrogens is 319 g/mol. The van der Waals surface area contributed by atoms with Crippen molar-refractivity contribution in [3.8, 4) is 0 Å². The van der Waals surface area contributed by atoms with E-state index in [1.807, 2.05) is 31.2 Å². The van der Waals surface area contributed by atoms with E-state index < -0.39 is 0 Å². The highest BCUT2D eigenvalue weighted by atomic mass is 19.1. The topological polar surface area (TPSA) is 49.4 Å². The number of nitrogens with zero attached hydrogens (tertiary/aromatic N) is 1. The van der Waals surface area contributed by atoms with Crippen LogP contribution >= 0.6 is 0 Å². The van der Waals surface area contributed by atoms with Crippen molar-refractivity contribution in [2.45, 2.75) is 26.8 Å². The molecule has 2 aromatic carbocycles. The van der Waals surface area contributed by atoms with Crippen LogP contribution in [-0.4, -0.2) is 29.8 Å². The smallest absolute Gasteiger partial charge is 0.224 e. The van der Waals surface area contributed by atoms with Crippen molar-refractivity contribution < 1.29 is 14.0 Å². The molecule has 0 spiro atoms. The van der Waals surface area contributed by atoms with Crippen LogP contribution in [0.1, 0.15) is 23.6 Å². The number of halogens is 1. The molecule has 0 heterocycles. The summed E-state index contributed by atoms with van der Waals surface area (Å²) in [6, 6.07) is 13.9. The van der Waals surface area contributed by atoms with Crippen molar-refractivity contribution in [3.63, 3.8) is 0 Å². The minimum Gasteiger partial charge on any atom is -0.354 e.